The van der Waals surface area contributed by atoms with E-state index in [2.05, 4.69) is 26.3 Å². The fourth-order valence-electron chi connectivity index (χ4n) is 5.98. The average Bonchev–Trinajstić information content (AvgIpc) is 3.66. The zero-order valence-corrected chi connectivity index (χ0v) is 24.8. The zero-order chi connectivity index (χ0) is 31.1. The highest BCUT2D eigenvalue weighted by Gasteiger charge is 2.36. The van der Waals surface area contributed by atoms with Gasteiger partial charge in [0, 0.05) is 35.8 Å². The fraction of sp³-hybridized carbons (Fsp3) is 0.424. The van der Waals surface area contributed by atoms with E-state index in [0.717, 1.165) is 48.6 Å². The molecule has 11 heteroatoms. The van der Waals surface area contributed by atoms with Crippen molar-refractivity contribution >= 4 is 40.3 Å². The van der Waals surface area contributed by atoms with Crippen LogP contribution in [0.2, 0.25) is 0 Å². The van der Waals surface area contributed by atoms with Crippen LogP contribution in [0.5, 0.6) is 5.75 Å². The molecule has 232 valence electrons. The molecule has 2 aliphatic rings. The molecule has 0 spiro atoms. The summed E-state index contributed by atoms with van der Waals surface area (Å²) >= 11 is 0. The second kappa shape index (κ2) is 14.2. The Morgan fingerprint density at radius 3 is 2.41 bits per heavy atom. The van der Waals surface area contributed by atoms with E-state index in [1.807, 2.05) is 30.3 Å². The number of methoxy groups -OCH3 is 1. The molecule has 2 heterocycles. The monoisotopic (exact) mass is 601 g/mol. The fourth-order valence-corrected chi connectivity index (χ4v) is 5.98. The highest BCUT2D eigenvalue weighted by molar-refractivity contribution is 6.38. The van der Waals surface area contributed by atoms with E-state index >= 15 is 0 Å². The van der Waals surface area contributed by atoms with Crippen molar-refractivity contribution in [3.63, 3.8) is 0 Å². The number of rotatable bonds is 12. The van der Waals surface area contributed by atoms with Crippen molar-refractivity contribution in [2.75, 3.05) is 13.7 Å². The maximum atomic E-state index is 13.8. The molecule has 1 aromatic heterocycles. The number of benzene rings is 2. The first-order valence-electron chi connectivity index (χ1n) is 15.2. The zero-order valence-electron chi connectivity index (χ0n) is 24.8. The van der Waals surface area contributed by atoms with Crippen LogP contribution in [0, 0.1) is 5.92 Å². The summed E-state index contributed by atoms with van der Waals surface area (Å²) in [7, 11) is 1.56. The molecule has 0 radical (unpaired) electrons. The summed E-state index contributed by atoms with van der Waals surface area (Å²) in [6.45, 7) is 0.468. The Balaban J connectivity index is 1.35. The minimum Gasteiger partial charge on any atom is -0.497 e. The second-order valence-corrected chi connectivity index (χ2v) is 11.6. The Labute approximate surface area is 255 Å². The van der Waals surface area contributed by atoms with Crippen molar-refractivity contribution < 1.29 is 28.7 Å². The third-order valence-electron chi connectivity index (χ3n) is 8.46. The molecule has 1 aliphatic carbocycles. The predicted octanol–water partition coefficient (Wildman–Crippen LogP) is 2.55. The summed E-state index contributed by atoms with van der Waals surface area (Å²) in [5.41, 5.74) is 1.77. The number of aromatic nitrogens is 1. The number of Topliss-reactive ketones (excluding diaryl/α,β-unsaturated/α-hetero) is 1. The van der Waals surface area contributed by atoms with E-state index in [0.29, 0.717) is 18.7 Å². The largest absolute Gasteiger partial charge is 0.497 e. The lowest BCUT2D eigenvalue weighted by atomic mass is 9.93. The molecule has 0 bridgehead atoms. The van der Waals surface area contributed by atoms with Crippen LogP contribution in [0.25, 0.3) is 10.9 Å². The Morgan fingerprint density at radius 2 is 1.70 bits per heavy atom. The van der Waals surface area contributed by atoms with Crippen LogP contribution in [0.1, 0.15) is 61.0 Å². The van der Waals surface area contributed by atoms with Gasteiger partial charge in [-0.3, -0.25) is 24.0 Å². The lowest BCUT2D eigenvalue weighted by Gasteiger charge is -2.26. The van der Waals surface area contributed by atoms with Gasteiger partial charge in [0.05, 0.1) is 13.2 Å². The molecular weight excluding hydrogens is 562 g/mol. The van der Waals surface area contributed by atoms with Gasteiger partial charge in [-0.2, -0.15) is 0 Å². The first-order valence-corrected chi connectivity index (χ1v) is 15.2. The predicted molar refractivity (Wildman–Crippen MR) is 164 cm³/mol. The van der Waals surface area contributed by atoms with Crippen LogP contribution in [0.3, 0.4) is 0 Å². The number of H-pyrrole nitrogens is 1. The van der Waals surface area contributed by atoms with Gasteiger partial charge >= 0.3 is 0 Å². The van der Waals surface area contributed by atoms with Crippen LogP contribution < -0.4 is 26.0 Å². The molecule has 3 atom stereocenters. The van der Waals surface area contributed by atoms with Crippen molar-refractivity contribution in [1.29, 1.82) is 0 Å². The highest BCUT2D eigenvalue weighted by Crippen LogP contribution is 2.22. The number of hydrogen-bond acceptors (Lipinski definition) is 6. The smallest absolute Gasteiger partial charge is 0.289 e. The minimum absolute atomic E-state index is 0.00958. The molecule has 1 aliphatic heterocycles. The van der Waals surface area contributed by atoms with Gasteiger partial charge in [0.15, 0.2) is 0 Å². The molecule has 5 rings (SSSR count). The molecule has 3 aromatic rings. The number of nitrogens with one attached hydrogen (secondary N) is 5. The van der Waals surface area contributed by atoms with Gasteiger partial charge in [0.2, 0.25) is 17.6 Å². The number of hydrogen-bond donors (Lipinski definition) is 5. The summed E-state index contributed by atoms with van der Waals surface area (Å²) in [5, 5.41) is 11.9. The average molecular weight is 602 g/mol. The summed E-state index contributed by atoms with van der Waals surface area (Å²) in [5.74, 6) is -2.78. The standard InChI is InChI=1S/C33H39N5O6/c1-44-24-12-13-25-22(17-24)19-28(36-25)32(42)38-27(16-20-8-4-2-5-9-20)31(41)37-26(18-21-14-15-34-30(21)40)29(39)33(43)35-23-10-6-3-7-11-23/h2,4-5,8-9,12-13,17,19,21,23,26-27,36H,3,6-7,10-11,14-16,18H2,1H3,(H,34,40)(H,35,43)(H,37,41)(H,38,42)/t21-,26?,27-/m0/s1. The maximum absolute atomic E-state index is 13.8. The van der Waals surface area contributed by atoms with E-state index in [1.54, 1.807) is 31.4 Å². The van der Waals surface area contributed by atoms with Crippen molar-refractivity contribution in [3.8, 4) is 5.75 Å². The van der Waals surface area contributed by atoms with Crippen LogP contribution >= 0.6 is 0 Å². The third-order valence-corrected chi connectivity index (χ3v) is 8.46. The highest BCUT2D eigenvalue weighted by atomic mass is 16.5. The first kappa shape index (κ1) is 30.8. The van der Waals surface area contributed by atoms with Crippen molar-refractivity contribution in [2.45, 2.75) is 69.5 Å². The Morgan fingerprint density at radius 1 is 0.932 bits per heavy atom. The number of carbonyl (C=O) groups excluding carboxylic acids is 5. The number of fused-ring (bicyclic) bond motifs is 1. The molecular formula is C33H39N5O6. The molecule has 1 saturated heterocycles. The number of ketones is 1. The minimum atomic E-state index is -1.23. The van der Waals surface area contributed by atoms with Crippen LogP contribution in [-0.4, -0.2) is 66.2 Å². The summed E-state index contributed by atoms with van der Waals surface area (Å²) in [6, 6.07) is 13.8. The van der Waals surface area contributed by atoms with Crippen LogP contribution in [0.4, 0.5) is 0 Å². The van der Waals surface area contributed by atoms with Gasteiger partial charge in [-0.05, 0) is 55.5 Å². The van der Waals surface area contributed by atoms with E-state index < -0.39 is 41.5 Å². The quantitative estimate of drug-likeness (QED) is 0.201. The topological polar surface area (TPSA) is 158 Å². The Kier molecular flexibility index (Phi) is 9.93. The number of ether oxygens (including phenoxy) is 1. The molecule has 4 amide bonds. The molecule has 1 saturated carbocycles. The second-order valence-electron chi connectivity index (χ2n) is 11.6. The van der Waals surface area contributed by atoms with Gasteiger partial charge in [0.1, 0.15) is 17.5 Å². The van der Waals surface area contributed by atoms with Crippen molar-refractivity contribution in [3.05, 3.63) is 65.9 Å². The van der Waals surface area contributed by atoms with Gasteiger partial charge in [-0.1, -0.05) is 49.6 Å². The molecule has 2 fully saturated rings. The van der Waals surface area contributed by atoms with E-state index in [4.69, 9.17) is 4.74 Å². The number of amides is 4. The summed E-state index contributed by atoms with van der Waals surface area (Å²) in [6.07, 6.45) is 5.28. The summed E-state index contributed by atoms with van der Waals surface area (Å²) in [4.78, 5) is 69.2. The molecule has 1 unspecified atom stereocenters. The van der Waals surface area contributed by atoms with E-state index in [1.165, 1.54) is 0 Å². The summed E-state index contributed by atoms with van der Waals surface area (Å²) < 4.78 is 5.28. The van der Waals surface area contributed by atoms with Gasteiger partial charge in [-0.15, -0.1) is 0 Å². The maximum Gasteiger partial charge on any atom is 0.289 e. The lowest BCUT2D eigenvalue weighted by Crippen LogP contribution is -2.55. The number of carbonyl (C=O) groups is 5. The first-order chi connectivity index (χ1) is 21.3. The Bertz CT molecular complexity index is 1510. The van der Waals surface area contributed by atoms with Gasteiger partial charge in [0.25, 0.3) is 11.8 Å². The van der Waals surface area contributed by atoms with Gasteiger partial charge < -0.3 is 31.0 Å². The van der Waals surface area contributed by atoms with Gasteiger partial charge in [-0.25, -0.2) is 0 Å². The van der Waals surface area contributed by atoms with E-state index in [-0.39, 0.29) is 30.5 Å². The molecule has 11 nitrogen and oxygen atoms in total. The number of aromatic amines is 1. The van der Waals surface area contributed by atoms with E-state index in [9.17, 15) is 24.0 Å². The van der Waals surface area contributed by atoms with Crippen molar-refractivity contribution in [1.82, 2.24) is 26.3 Å². The van der Waals surface area contributed by atoms with Crippen LogP contribution in [-0.2, 0) is 25.6 Å². The lowest BCUT2D eigenvalue weighted by molar-refractivity contribution is -0.141. The van der Waals surface area contributed by atoms with Crippen molar-refractivity contribution in [2.24, 2.45) is 5.92 Å². The third kappa shape index (κ3) is 7.64. The molecule has 44 heavy (non-hydrogen) atoms. The molecule has 2 aromatic carbocycles. The normalized spacial score (nSPS) is 18.2. The Hall–Kier alpha value is -4.67. The SMILES string of the molecule is COc1ccc2[nH]c(C(=O)N[C@@H](Cc3ccccc3)C(=O)NC(C[C@@H]3CCNC3=O)C(=O)C(=O)NC3CCCCC3)cc2c1. The molecule has 5 N–H and O–H groups in total. The van der Waals surface area contributed by atoms with Crippen LogP contribution in [0.15, 0.2) is 54.6 Å².